The van der Waals surface area contributed by atoms with E-state index in [0.29, 0.717) is 3.71 Å². The molecule has 10 nitrogen and oxygen atoms in total. The monoisotopic (exact) mass is 810 g/mol. The quantitative estimate of drug-likeness (QED) is 0.135. The minimum absolute atomic E-state index is 0.168. The van der Waals surface area contributed by atoms with Gasteiger partial charge in [0.25, 0.3) is 40.1 Å². The predicted octanol–water partition coefficient (Wildman–Crippen LogP) is 6.31. The SMILES string of the molecule is Cc1ccc(S(=O)(=O)N([C@H](CCCBr)[C@H](C)N(S(=O)(=O)c2ccc(C)cc2)S(=O)(=O)c2ccc(C)cc2)S(=O)(=O)c2ccc(C)cc2)cc1. The lowest BCUT2D eigenvalue weighted by molar-refractivity contribution is 0.293. The molecule has 0 radical (unpaired) electrons. The molecule has 0 heterocycles. The van der Waals surface area contributed by atoms with E-state index in [-0.39, 0.29) is 41.5 Å². The summed E-state index contributed by atoms with van der Waals surface area (Å²) >= 11 is 3.32. The van der Waals surface area contributed by atoms with Crippen molar-refractivity contribution in [3.05, 3.63) is 119 Å². The van der Waals surface area contributed by atoms with Gasteiger partial charge < -0.3 is 0 Å². The zero-order valence-electron chi connectivity index (χ0n) is 27.7. The zero-order chi connectivity index (χ0) is 36.4. The van der Waals surface area contributed by atoms with Crippen molar-refractivity contribution in [2.24, 2.45) is 0 Å². The third-order valence-electron chi connectivity index (χ3n) is 8.02. The lowest BCUT2D eigenvalue weighted by atomic mass is 10.1. The van der Waals surface area contributed by atoms with E-state index in [9.17, 15) is 33.7 Å². The normalized spacial score (nSPS) is 14.2. The summed E-state index contributed by atoms with van der Waals surface area (Å²) in [6, 6.07) is 18.6. The van der Waals surface area contributed by atoms with Gasteiger partial charge in [0.05, 0.1) is 31.7 Å². The highest BCUT2D eigenvalue weighted by Crippen LogP contribution is 2.36. The van der Waals surface area contributed by atoms with E-state index in [2.05, 4.69) is 15.9 Å². The number of nitrogens with zero attached hydrogens (tertiary/aromatic N) is 2. The Balaban J connectivity index is 2.07. The first-order valence-electron chi connectivity index (χ1n) is 15.3. The predicted molar refractivity (Wildman–Crippen MR) is 193 cm³/mol. The molecule has 0 bridgehead atoms. The van der Waals surface area contributed by atoms with Crippen molar-refractivity contribution in [3.8, 4) is 0 Å². The molecule has 4 rings (SSSR count). The minimum Gasteiger partial charge on any atom is -0.206 e. The average Bonchev–Trinajstić information content (AvgIpc) is 3.03. The van der Waals surface area contributed by atoms with Gasteiger partial charge in [-0.2, -0.15) is 0 Å². The molecular formula is C34H39BrN2O8S4. The van der Waals surface area contributed by atoms with Gasteiger partial charge in [0.1, 0.15) is 0 Å². The van der Waals surface area contributed by atoms with Crippen molar-refractivity contribution in [1.29, 1.82) is 0 Å². The number of halogens is 1. The maximum absolute atomic E-state index is 14.6. The van der Waals surface area contributed by atoms with Crippen LogP contribution in [-0.4, -0.2) is 58.5 Å². The summed E-state index contributed by atoms with van der Waals surface area (Å²) in [5.74, 6) is 0. The molecule has 0 spiro atoms. The Hall–Kier alpha value is -2.92. The maximum Gasteiger partial charge on any atom is 0.256 e. The molecular weight excluding hydrogens is 773 g/mol. The smallest absolute Gasteiger partial charge is 0.206 e. The van der Waals surface area contributed by atoms with Crippen molar-refractivity contribution in [2.75, 3.05) is 5.33 Å². The molecule has 0 unspecified atom stereocenters. The van der Waals surface area contributed by atoms with Crippen LogP contribution >= 0.6 is 15.9 Å². The van der Waals surface area contributed by atoms with Gasteiger partial charge in [0.2, 0.25) is 0 Å². The highest BCUT2D eigenvalue weighted by atomic mass is 79.9. The topological polar surface area (TPSA) is 143 Å². The summed E-state index contributed by atoms with van der Waals surface area (Å²) < 4.78 is 117. The van der Waals surface area contributed by atoms with E-state index in [4.69, 9.17) is 0 Å². The Morgan fingerprint density at radius 3 is 0.959 bits per heavy atom. The first-order chi connectivity index (χ1) is 22.8. The Bertz CT molecular complexity index is 2060. The Kier molecular flexibility index (Phi) is 12.0. The van der Waals surface area contributed by atoms with Gasteiger partial charge in [0, 0.05) is 5.33 Å². The van der Waals surface area contributed by atoms with Gasteiger partial charge in [-0.15, -0.1) is 0 Å². The van der Waals surface area contributed by atoms with Crippen LogP contribution in [0.2, 0.25) is 0 Å². The average molecular weight is 812 g/mol. The van der Waals surface area contributed by atoms with E-state index in [1.807, 2.05) is 0 Å². The Morgan fingerprint density at radius 1 is 0.469 bits per heavy atom. The fourth-order valence-electron chi connectivity index (χ4n) is 5.26. The molecule has 4 aromatic carbocycles. The first kappa shape index (κ1) is 38.9. The fourth-order valence-corrected chi connectivity index (χ4v) is 13.9. The fraction of sp³-hybridized carbons (Fsp3) is 0.294. The van der Waals surface area contributed by atoms with Gasteiger partial charge in [-0.05, 0) is 96.0 Å². The van der Waals surface area contributed by atoms with Crippen molar-refractivity contribution in [3.63, 3.8) is 0 Å². The number of hydrogen-bond donors (Lipinski definition) is 0. The van der Waals surface area contributed by atoms with Crippen LogP contribution in [0.4, 0.5) is 0 Å². The molecule has 0 saturated carbocycles. The molecule has 0 N–H and O–H groups in total. The van der Waals surface area contributed by atoms with E-state index in [1.54, 1.807) is 27.7 Å². The zero-order valence-corrected chi connectivity index (χ0v) is 32.5. The number of hydrogen-bond acceptors (Lipinski definition) is 8. The van der Waals surface area contributed by atoms with Crippen molar-refractivity contribution < 1.29 is 33.7 Å². The number of benzene rings is 4. The summed E-state index contributed by atoms with van der Waals surface area (Å²) in [6.45, 7) is 8.17. The Morgan fingerprint density at radius 2 is 0.714 bits per heavy atom. The highest BCUT2D eigenvalue weighted by Gasteiger charge is 2.50. The summed E-state index contributed by atoms with van der Waals surface area (Å²) in [5.41, 5.74) is 2.87. The second kappa shape index (κ2) is 15.1. The second-order valence-corrected chi connectivity index (χ2v) is 20.4. The van der Waals surface area contributed by atoms with Crippen molar-refractivity contribution in [1.82, 2.24) is 7.42 Å². The molecule has 15 heteroatoms. The van der Waals surface area contributed by atoms with E-state index >= 15 is 0 Å². The molecule has 49 heavy (non-hydrogen) atoms. The first-order valence-corrected chi connectivity index (χ1v) is 22.1. The number of sulfonamides is 4. The Labute approximate surface area is 299 Å². The molecule has 0 aliphatic heterocycles. The lowest BCUT2D eigenvalue weighted by Crippen LogP contribution is -2.57. The van der Waals surface area contributed by atoms with E-state index < -0.39 is 52.2 Å². The third kappa shape index (κ3) is 8.19. The minimum atomic E-state index is -4.96. The summed E-state index contributed by atoms with van der Waals surface area (Å²) in [7, 11) is -19.8. The molecule has 0 fully saturated rings. The van der Waals surface area contributed by atoms with Crippen LogP contribution in [0.5, 0.6) is 0 Å². The van der Waals surface area contributed by atoms with Crippen molar-refractivity contribution >= 4 is 56.0 Å². The van der Waals surface area contributed by atoms with Crippen LogP contribution in [0.3, 0.4) is 0 Å². The van der Waals surface area contributed by atoms with Gasteiger partial charge >= 0.3 is 0 Å². The highest BCUT2D eigenvalue weighted by molar-refractivity contribution is 9.09. The van der Waals surface area contributed by atoms with Crippen LogP contribution in [0.15, 0.2) is 117 Å². The maximum atomic E-state index is 14.6. The van der Waals surface area contributed by atoms with Crippen LogP contribution in [0.1, 0.15) is 42.0 Å². The van der Waals surface area contributed by atoms with Gasteiger partial charge in [-0.3, -0.25) is 0 Å². The van der Waals surface area contributed by atoms with E-state index in [0.717, 1.165) is 22.3 Å². The number of aryl methyl sites for hydroxylation is 4. The molecule has 0 aliphatic rings. The molecule has 0 aromatic heterocycles. The molecule has 264 valence electrons. The van der Waals surface area contributed by atoms with E-state index in [1.165, 1.54) is 104 Å². The van der Waals surface area contributed by atoms with Gasteiger partial charge in [0.15, 0.2) is 0 Å². The van der Waals surface area contributed by atoms with Crippen LogP contribution in [0.25, 0.3) is 0 Å². The van der Waals surface area contributed by atoms with Crippen LogP contribution < -0.4 is 0 Å². The van der Waals surface area contributed by atoms with Gasteiger partial charge in [-0.1, -0.05) is 94.1 Å². The molecule has 2 atom stereocenters. The summed E-state index contributed by atoms with van der Waals surface area (Å²) in [5, 5.41) is 0.286. The van der Waals surface area contributed by atoms with Gasteiger partial charge in [-0.25, -0.2) is 33.7 Å². The molecule has 4 aromatic rings. The third-order valence-corrected chi connectivity index (χ3v) is 17.5. The van der Waals surface area contributed by atoms with Crippen LogP contribution in [-0.2, 0) is 40.1 Å². The largest absolute Gasteiger partial charge is 0.256 e. The van der Waals surface area contributed by atoms with Crippen molar-refractivity contribution in [2.45, 2.75) is 79.1 Å². The summed E-state index contributed by atoms with van der Waals surface area (Å²) in [4.78, 5) is -1.46. The molecule has 0 saturated heterocycles. The number of alkyl halides is 1. The molecule has 0 aliphatic carbocycles. The lowest BCUT2D eigenvalue weighted by Gasteiger charge is -2.38. The number of rotatable bonds is 14. The second-order valence-electron chi connectivity index (χ2n) is 11.9. The van der Waals surface area contributed by atoms with Crippen LogP contribution in [0, 0.1) is 27.7 Å². The summed E-state index contributed by atoms with van der Waals surface area (Å²) in [6.07, 6.45) is -0.0622. The standard InChI is InChI=1S/C34H39BrN2O8S4/c1-25-8-16-30(17-9-25)46(38,39)36(47(40,41)31-18-10-26(2)11-19-31)29(5)34(7-6-24-35)37(48(42,43)32-20-12-27(3)13-21-32)49(44,45)33-22-14-28(4)15-23-33/h8-23,29,34H,6-7,24H2,1-5H3/t29-,34+/m0/s1. The molecule has 0 amide bonds.